The van der Waals surface area contributed by atoms with E-state index in [1.54, 1.807) is 6.92 Å². The van der Waals surface area contributed by atoms with Crippen LogP contribution >= 0.6 is 0 Å². The molecule has 2 aromatic heterocycles. The average molecular weight is 347 g/mol. The highest BCUT2D eigenvalue weighted by molar-refractivity contribution is 5.79. The number of rotatable bonds is 6. The predicted octanol–water partition coefficient (Wildman–Crippen LogP) is 3.07. The van der Waals surface area contributed by atoms with Crippen LogP contribution in [0.25, 0.3) is 0 Å². The molecule has 0 bridgehead atoms. The molecule has 6 heteroatoms. The normalized spacial score (nSPS) is 14.4. The van der Waals surface area contributed by atoms with Crippen molar-refractivity contribution in [1.82, 2.24) is 10.6 Å². The Morgan fingerprint density at radius 1 is 1.08 bits per heavy atom. The summed E-state index contributed by atoms with van der Waals surface area (Å²) in [5, 5.41) is 17.2. The highest BCUT2D eigenvalue weighted by atomic mass is 16.3. The Balaban J connectivity index is 2.06. The third-order valence-electron chi connectivity index (χ3n) is 4.12. The van der Waals surface area contributed by atoms with E-state index in [0.717, 1.165) is 40.7 Å². The van der Waals surface area contributed by atoms with Crippen molar-refractivity contribution in [3.8, 4) is 0 Å². The molecule has 0 saturated carbocycles. The van der Waals surface area contributed by atoms with E-state index >= 15 is 0 Å². The molecule has 2 heterocycles. The minimum Gasteiger partial charge on any atom is -0.466 e. The zero-order valence-electron chi connectivity index (χ0n) is 16.0. The van der Waals surface area contributed by atoms with E-state index < -0.39 is 5.60 Å². The monoisotopic (exact) mass is 347 g/mol. The van der Waals surface area contributed by atoms with Gasteiger partial charge in [-0.1, -0.05) is 0 Å². The molecule has 1 atom stereocenters. The van der Waals surface area contributed by atoms with E-state index in [-0.39, 0.29) is 0 Å². The van der Waals surface area contributed by atoms with Crippen LogP contribution in [0.4, 0.5) is 0 Å². The molecule has 0 aliphatic rings. The van der Waals surface area contributed by atoms with Crippen LogP contribution in [-0.2, 0) is 12.1 Å². The van der Waals surface area contributed by atoms with E-state index in [0.29, 0.717) is 19.0 Å². The number of nitrogens with one attached hydrogen (secondary N) is 2. The smallest absolute Gasteiger partial charge is 0.191 e. The molecule has 0 aliphatic heterocycles. The van der Waals surface area contributed by atoms with Crippen LogP contribution in [0.15, 0.2) is 26.0 Å². The summed E-state index contributed by atoms with van der Waals surface area (Å²) in [7, 11) is 0. The number of hydrogen-bond donors (Lipinski definition) is 3. The molecule has 2 aromatic rings. The van der Waals surface area contributed by atoms with Gasteiger partial charge in [0.05, 0.1) is 13.1 Å². The second-order valence-corrected chi connectivity index (χ2v) is 6.59. The van der Waals surface area contributed by atoms with Gasteiger partial charge in [0.25, 0.3) is 0 Å². The van der Waals surface area contributed by atoms with Gasteiger partial charge in [0.1, 0.15) is 28.6 Å². The topological polar surface area (TPSA) is 82.9 Å². The van der Waals surface area contributed by atoms with E-state index in [1.165, 1.54) is 0 Å². The first kappa shape index (κ1) is 19.1. The van der Waals surface area contributed by atoms with Gasteiger partial charge in [-0.05, 0) is 53.7 Å². The van der Waals surface area contributed by atoms with Crippen LogP contribution in [0.5, 0.6) is 0 Å². The fourth-order valence-electron chi connectivity index (χ4n) is 2.86. The summed E-state index contributed by atoms with van der Waals surface area (Å²) in [5.74, 6) is 3.94. The molecule has 138 valence electrons. The molecule has 3 N–H and O–H groups in total. The highest BCUT2D eigenvalue weighted by Crippen LogP contribution is 2.26. The maximum Gasteiger partial charge on any atom is 0.191 e. The van der Waals surface area contributed by atoms with Crippen molar-refractivity contribution in [3.05, 3.63) is 46.3 Å². The molecule has 6 nitrogen and oxygen atoms in total. The number of nitrogens with zero attached hydrogens (tertiary/aromatic N) is 1. The third kappa shape index (κ3) is 4.89. The summed E-state index contributed by atoms with van der Waals surface area (Å²) in [6.45, 7) is 13.0. The Morgan fingerprint density at radius 3 is 2.24 bits per heavy atom. The predicted molar refractivity (Wildman–Crippen MR) is 98.8 cm³/mol. The van der Waals surface area contributed by atoms with Crippen molar-refractivity contribution in [2.45, 2.75) is 53.7 Å². The zero-order valence-corrected chi connectivity index (χ0v) is 16.0. The molecule has 0 saturated heterocycles. The Hall–Kier alpha value is -2.21. The number of hydrogen-bond acceptors (Lipinski definition) is 4. The standard InChI is InChI=1S/C19H29N3O3/c1-7-20-18(21-10-16-8-12(2)24-14(16)4)22-11-19(6,23)17-9-13(3)25-15(17)5/h8-9,23H,7,10-11H2,1-6H3,(H2,20,21,22). The van der Waals surface area contributed by atoms with Gasteiger partial charge in [0, 0.05) is 17.7 Å². The summed E-state index contributed by atoms with van der Waals surface area (Å²) in [6.07, 6.45) is 0. The summed E-state index contributed by atoms with van der Waals surface area (Å²) < 4.78 is 11.1. The van der Waals surface area contributed by atoms with Crippen LogP contribution in [0.3, 0.4) is 0 Å². The quantitative estimate of drug-likeness (QED) is 0.552. The molecular formula is C19H29N3O3. The first-order valence-electron chi connectivity index (χ1n) is 8.61. The lowest BCUT2D eigenvalue weighted by atomic mass is 9.96. The van der Waals surface area contributed by atoms with E-state index in [2.05, 4.69) is 15.6 Å². The van der Waals surface area contributed by atoms with Crippen molar-refractivity contribution in [3.63, 3.8) is 0 Å². The summed E-state index contributed by atoms with van der Waals surface area (Å²) in [5.41, 5.74) is 0.789. The van der Waals surface area contributed by atoms with Gasteiger partial charge in [-0.25, -0.2) is 4.99 Å². The molecule has 2 rings (SSSR count). The lowest BCUT2D eigenvalue weighted by Gasteiger charge is -2.24. The van der Waals surface area contributed by atoms with Gasteiger partial charge in [0.15, 0.2) is 5.96 Å². The van der Waals surface area contributed by atoms with Crippen LogP contribution in [-0.4, -0.2) is 24.2 Å². The molecule has 25 heavy (non-hydrogen) atoms. The second kappa shape index (κ2) is 7.78. The second-order valence-electron chi connectivity index (χ2n) is 6.59. The SMILES string of the molecule is CCNC(=NCc1cc(C)oc1C)NCC(C)(O)c1cc(C)oc1C. The van der Waals surface area contributed by atoms with Crippen LogP contribution in [0.2, 0.25) is 0 Å². The minimum atomic E-state index is -1.06. The van der Waals surface area contributed by atoms with Gasteiger partial charge in [-0.15, -0.1) is 0 Å². The number of furan rings is 2. The molecule has 0 amide bonds. The summed E-state index contributed by atoms with van der Waals surface area (Å²) in [4.78, 5) is 4.58. The lowest BCUT2D eigenvalue weighted by molar-refractivity contribution is 0.0601. The van der Waals surface area contributed by atoms with Crippen molar-refractivity contribution in [2.75, 3.05) is 13.1 Å². The first-order valence-corrected chi connectivity index (χ1v) is 8.61. The molecule has 0 aromatic carbocycles. The Labute approximate surface area is 149 Å². The molecule has 0 aliphatic carbocycles. The fourth-order valence-corrected chi connectivity index (χ4v) is 2.86. The fraction of sp³-hybridized carbons (Fsp3) is 0.526. The van der Waals surface area contributed by atoms with Crippen molar-refractivity contribution in [1.29, 1.82) is 0 Å². The summed E-state index contributed by atoms with van der Waals surface area (Å²) >= 11 is 0. The third-order valence-corrected chi connectivity index (χ3v) is 4.12. The van der Waals surface area contributed by atoms with Crippen LogP contribution in [0.1, 0.15) is 48.0 Å². The van der Waals surface area contributed by atoms with Gasteiger partial charge < -0.3 is 24.6 Å². The molecule has 0 radical (unpaired) electrons. The van der Waals surface area contributed by atoms with E-state index in [4.69, 9.17) is 8.83 Å². The van der Waals surface area contributed by atoms with Gasteiger partial charge in [-0.2, -0.15) is 0 Å². The number of aryl methyl sites for hydroxylation is 4. The van der Waals surface area contributed by atoms with Crippen molar-refractivity contribution >= 4 is 5.96 Å². The molecule has 1 unspecified atom stereocenters. The van der Waals surface area contributed by atoms with Gasteiger partial charge in [0.2, 0.25) is 0 Å². The lowest BCUT2D eigenvalue weighted by Crippen LogP contribution is -2.44. The maximum atomic E-state index is 10.8. The summed E-state index contributed by atoms with van der Waals surface area (Å²) in [6, 6.07) is 3.87. The Bertz CT molecular complexity index is 741. The minimum absolute atomic E-state index is 0.321. The number of aliphatic imine (C=N–C) groups is 1. The van der Waals surface area contributed by atoms with Gasteiger partial charge in [-0.3, -0.25) is 0 Å². The van der Waals surface area contributed by atoms with Gasteiger partial charge >= 0.3 is 0 Å². The molecule has 0 spiro atoms. The van der Waals surface area contributed by atoms with E-state index in [1.807, 2.05) is 46.8 Å². The van der Waals surface area contributed by atoms with Crippen molar-refractivity contribution in [2.24, 2.45) is 4.99 Å². The van der Waals surface area contributed by atoms with Crippen LogP contribution < -0.4 is 10.6 Å². The molecule has 0 fully saturated rings. The number of aliphatic hydroxyl groups is 1. The maximum absolute atomic E-state index is 10.8. The molecular weight excluding hydrogens is 318 g/mol. The Kier molecular flexibility index (Phi) is 5.95. The number of guanidine groups is 1. The highest BCUT2D eigenvalue weighted by Gasteiger charge is 2.27. The first-order chi connectivity index (χ1) is 11.7. The van der Waals surface area contributed by atoms with Crippen LogP contribution in [0, 0.1) is 27.7 Å². The van der Waals surface area contributed by atoms with Crippen molar-refractivity contribution < 1.29 is 13.9 Å². The Morgan fingerprint density at radius 2 is 1.72 bits per heavy atom. The largest absolute Gasteiger partial charge is 0.466 e. The average Bonchev–Trinajstić information content (AvgIpc) is 3.03. The van der Waals surface area contributed by atoms with E-state index in [9.17, 15) is 5.11 Å². The zero-order chi connectivity index (χ0) is 18.6.